The third-order valence-electron chi connectivity index (χ3n) is 5.13. The molecule has 6 heteroatoms. The maximum absolute atomic E-state index is 13.6. The highest BCUT2D eigenvalue weighted by molar-refractivity contribution is 9.10. The fourth-order valence-electron chi connectivity index (χ4n) is 3.36. The highest BCUT2D eigenvalue weighted by Crippen LogP contribution is 2.44. The van der Waals surface area contributed by atoms with Crippen LogP contribution in [0.3, 0.4) is 0 Å². The first-order valence-electron chi connectivity index (χ1n) is 9.01. The molecule has 3 rings (SSSR count). The van der Waals surface area contributed by atoms with Crippen LogP contribution in [0.2, 0.25) is 0 Å². The molecule has 1 aliphatic carbocycles. The van der Waals surface area contributed by atoms with E-state index in [2.05, 4.69) is 26.6 Å². The lowest BCUT2D eigenvalue weighted by atomic mass is 9.64. The Kier molecular flexibility index (Phi) is 5.95. The van der Waals surface area contributed by atoms with E-state index in [0.29, 0.717) is 18.4 Å². The second kappa shape index (κ2) is 8.21. The van der Waals surface area contributed by atoms with Gasteiger partial charge in [-0.25, -0.2) is 4.39 Å². The molecule has 0 radical (unpaired) electrons. The van der Waals surface area contributed by atoms with Crippen LogP contribution in [-0.4, -0.2) is 18.4 Å². The van der Waals surface area contributed by atoms with Gasteiger partial charge in [-0.05, 0) is 55.2 Å². The van der Waals surface area contributed by atoms with Gasteiger partial charge >= 0.3 is 0 Å². The summed E-state index contributed by atoms with van der Waals surface area (Å²) < 4.78 is 14.4. The second-order valence-electron chi connectivity index (χ2n) is 6.96. The van der Waals surface area contributed by atoms with Crippen LogP contribution in [0.4, 0.5) is 10.1 Å². The van der Waals surface area contributed by atoms with E-state index in [1.807, 2.05) is 25.1 Å². The molecular weight excluding hydrogens is 411 g/mol. The summed E-state index contributed by atoms with van der Waals surface area (Å²) in [6.45, 7) is 2.16. The highest BCUT2D eigenvalue weighted by atomic mass is 79.9. The van der Waals surface area contributed by atoms with Crippen LogP contribution in [0, 0.1) is 12.7 Å². The molecule has 2 N–H and O–H groups in total. The first-order valence-corrected chi connectivity index (χ1v) is 9.80. The predicted octanol–water partition coefficient (Wildman–Crippen LogP) is 4.46. The fourth-order valence-corrected chi connectivity index (χ4v) is 3.72. The molecular formula is C21H22BrFN2O2. The minimum Gasteiger partial charge on any atom is -0.355 e. The first-order chi connectivity index (χ1) is 12.9. The van der Waals surface area contributed by atoms with E-state index in [9.17, 15) is 14.0 Å². The Morgan fingerprint density at radius 1 is 1.19 bits per heavy atom. The van der Waals surface area contributed by atoms with Gasteiger partial charge in [0.2, 0.25) is 11.8 Å². The molecule has 2 aromatic rings. The van der Waals surface area contributed by atoms with Crippen LogP contribution in [0.15, 0.2) is 46.9 Å². The number of halogens is 2. The van der Waals surface area contributed by atoms with Gasteiger partial charge in [0.25, 0.3) is 0 Å². The number of benzene rings is 2. The lowest BCUT2D eigenvalue weighted by Crippen LogP contribution is -2.49. The third-order valence-corrected chi connectivity index (χ3v) is 5.62. The Bertz CT molecular complexity index is 865. The van der Waals surface area contributed by atoms with Gasteiger partial charge in [-0.2, -0.15) is 0 Å². The van der Waals surface area contributed by atoms with Crippen LogP contribution in [0.5, 0.6) is 0 Å². The molecule has 0 unspecified atom stereocenters. The van der Waals surface area contributed by atoms with Gasteiger partial charge in [0.05, 0.1) is 5.41 Å². The average molecular weight is 433 g/mol. The van der Waals surface area contributed by atoms with Crippen molar-refractivity contribution in [1.82, 2.24) is 5.32 Å². The Balaban J connectivity index is 1.56. The summed E-state index contributed by atoms with van der Waals surface area (Å²) in [4.78, 5) is 24.9. The molecule has 27 heavy (non-hydrogen) atoms. The van der Waals surface area contributed by atoms with Crippen molar-refractivity contribution in [2.45, 2.75) is 38.0 Å². The van der Waals surface area contributed by atoms with Gasteiger partial charge in [0.1, 0.15) is 5.82 Å². The minimum atomic E-state index is -0.667. The first kappa shape index (κ1) is 19.5. The zero-order valence-electron chi connectivity index (χ0n) is 15.1. The van der Waals surface area contributed by atoms with E-state index >= 15 is 0 Å². The van der Waals surface area contributed by atoms with Crippen molar-refractivity contribution in [2.24, 2.45) is 0 Å². The quantitative estimate of drug-likeness (QED) is 0.707. The number of carbonyl (C=O) groups excluding carboxylic acids is 2. The van der Waals surface area contributed by atoms with Gasteiger partial charge < -0.3 is 10.6 Å². The number of hydrogen-bond acceptors (Lipinski definition) is 2. The Labute approximate surface area is 166 Å². The van der Waals surface area contributed by atoms with Gasteiger partial charge in [-0.15, -0.1) is 0 Å². The van der Waals surface area contributed by atoms with Crippen molar-refractivity contribution in [3.8, 4) is 0 Å². The highest BCUT2D eigenvalue weighted by Gasteiger charge is 2.45. The van der Waals surface area contributed by atoms with E-state index in [1.54, 1.807) is 12.1 Å². The van der Waals surface area contributed by atoms with E-state index in [-0.39, 0.29) is 30.6 Å². The Hall–Kier alpha value is -2.21. The summed E-state index contributed by atoms with van der Waals surface area (Å²) in [5.74, 6) is -0.633. The molecule has 1 aliphatic rings. The molecule has 0 heterocycles. The van der Waals surface area contributed by atoms with Gasteiger partial charge in [0, 0.05) is 23.1 Å². The van der Waals surface area contributed by atoms with Crippen LogP contribution < -0.4 is 10.6 Å². The van der Waals surface area contributed by atoms with Gasteiger partial charge in [-0.3, -0.25) is 9.59 Å². The van der Waals surface area contributed by atoms with Crippen molar-refractivity contribution < 1.29 is 14.0 Å². The zero-order chi connectivity index (χ0) is 19.4. The van der Waals surface area contributed by atoms with E-state index in [1.165, 1.54) is 12.1 Å². The van der Waals surface area contributed by atoms with Crippen LogP contribution in [0.25, 0.3) is 0 Å². The van der Waals surface area contributed by atoms with Crippen molar-refractivity contribution in [2.75, 3.05) is 11.9 Å². The molecule has 0 spiro atoms. The van der Waals surface area contributed by atoms with Crippen LogP contribution in [0.1, 0.15) is 36.8 Å². The number of rotatable bonds is 6. The summed E-state index contributed by atoms with van der Waals surface area (Å²) in [5, 5.41) is 5.72. The standard InChI is InChI=1S/C21H22BrFN2O2/c1-14-6-7-16(22)13-18(14)25-19(26)8-11-24-20(27)21(9-3-10-21)15-4-2-5-17(23)12-15/h2,4-7,12-13H,3,8-11H2,1H3,(H,24,27)(H,25,26). The molecule has 0 aliphatic heterocycles. The van der Waals surface area contributed by atoms with E-state index < -0.39 is 5.41 Å². The molecule has 0 aromatic heterocycles. The van der Waals surface area contributed by atoms with E-state index in [0.717, 1.165) is 22.1 Å². The molecule has 2 amide bonds. The molecule has 1 saturated carbocycles. The molecule has 0 atom stereocenters. The lowest BCUT2D eigenvalue weighted by molar-refractivity contribution is -0.130. The number of amides is 2. The van der Waals surface area contributed by atoms with Crippen molar-refractivity contribution >= 4 is 33.4 Å². The number of aryl methyl sites for hydroxylation is 1. The molecule has 1 fully saturated rings. The predicted molar refractivity (Wildman–Crippen MR) is 107 cm³/mol. The van der Waals surface area contributed by atoms with Crippen LogP contribution in [-0.2, 0) is 15.0 Å². The second-order valence-corrected chi connectivity index (χ2v) is 7.88. The summed E-state index contributed by atoms with van der Waals surface area (Å²) in [6, 6.07) is 11.9. The SMILES string of the molecule is Cc1ccc(Br)cc1NC(=O)CCNC(=O)C1(c2cccc(F)c2)CCC1. The third kappa shape index (κ3) is 4.38. The monoisotopic (exact) mass is 432 g/mol. The van der Waals surface area contributed by atoms with Gasteiger partial charge in [-0.1, -0.05) is 40.5 Å². The summed E-state index contributed by atoms with van der Waals surface area (Å²) in [5.41, 5.74) is 1.76. The van der Waals surface area contributed by atoms with Gasteiger partial charge in [0.15, 0.2) is 0 Å². The van der Waals surface area contributed by atoms with Crippen molar-refractivity contribution in [3.63, 3.8) is 0 Å². The largest absolute Gasteiger partial charge is 0.355 e. The minimum absolute atomic E-state index is 0.134. The molecule has 0 bridgehead atoms. The number of carbonyl (C=O) groups is 2. The Morgan fingerprint density at radius 3 is 2.63 bits per heavy atom. The maximum atomic E-state index is 13.6. The zero-order valence-corrected chi connectivity index (χ0v) is 16.7. The molecule has 2 aromatic carbocycles. The topological polar surface area (TPSA) is 58.2 Å². The smallest absolute Gasteiger partial charge is 0.230 e. The summed E-state index contributed by atoms with van der Waals surface area (Å²) >= 11 is 3.39. The van der Waals surface area contributed by atoms with Crippen molar-refractivity contribution in [1.29, 1.82) is 0 Å². The van der Waals surface area contributed by atoms with E-state index in [4.69, 9.17) is 0 Å². The van der Waals surface area contributed by atoms with Crippen LogP contribution >= 0.6 is 15.9 Å². The fraction of sp³-hybridized carbons (Fsp3) is 0.333. The number of anilines is 1. The maximum Gasteiger partial charge on any atom is 0.230 e. The molecule has 0 saturated heterocycles. The Morgan fingerprint density at radius 2 is 1.96 bits per heavy atom. The average Bonchev–Trinajstić information content (AvgIpc) is 2.57. The number of nitrogens with one attached hydrogen (secondary N) is 2. The summed E-state index contributed by atoms with van der Waals surface area (Å²) in [7, 11) is 0. The molecule has 142 valence electrons. The molecule has 4 nitrogen and oxygen atoms in total. The number of hydrogen-bond donors (Lipinski definition) is 2. The normalized spacial score (nSPS) is 14.9. The summed E-state index contributed by atoms with van der Waals surface area (Å²) in [6.07, 6.45) is 2.51. The van der Waals surface area contributed by atoms with Crippen molar-refractivity contribution in [3.05, 3.63) is 63.9 Å². The lowest BCUT2D eigenvalue weighted by Gasteiger charge is -2.40.